The van der Waals surface area contributed by atoms with E-state index in [9.17, 15) is 0 Å². The molecule has 3 heterocycles. The smallest absolute Gasteiger partial charge is 0.164 e. The van der Waals surface area contributed by atoms with Gasteiger partial charge in [-0.1, -0.05) is 218 Å². The quantitative estimate of drug-likeness (QED) is 0.152. The van der Waals surface area contributed by atoms with Crippen molar-refractivity contribution in [3.8, 4) is 84.4 Å². The summed E-state index contributed by atoms with van der Waals surface area (Å²) in [5.41, 5.74) is 16.4. The molecule has 12 aromatic carbocycles. The average molecular weight is 969 g/mol. The summed E-state index contributed by atoms with van der Waals surface area (Å²) in [6, 6.07) is 94.8. The number of benzene rings is 12. The van der Waals surface area contributed by atoms with Crippen LogP contribution < -0.4 is 0 Å². The minimum Gasteiger partial charge on any atom is -0.456 e. The van der Waals surface area contributed by atoms with Crippen molar-refractivity contribution in [2.24, 2.45) is 0 Å². The van der Waals surface area contributed by atoms with E-state index in [1.807, 2.05) is 18.2 Å². The van der Waals surface area contributed by atoms with Crippen molar-refractivity contribution in [2.45, 2.75) is 0 Å². The molecule has 0 atom stereocenters. The van der Waals surface area contributed by atoms with Crippen LogP contribution in [0.1, 0.15) is 0 Å². The Labute approximate surface area is 438 Å². The van der Waals surface area contributed by atoms with Gasteiger partial charge in [-0.15, -0.1) is 0 Å². The third kappa shape index (κ3) is 7.36. The van der Waals surface area contributed by atoms with E-state index in [1.54, 1.807) is 0 Å². The Hall–Kier alpha value is -10.2. The molecule has 0 aliphatic carbocycles. The first-order chi connectivity index (χ1) is 37.6. The maximum absolute atomic E-state index is 7.03. The molecule has 0 saturated carbocycles. The molecule has 0 saturated heterocycles. The molecular weight excluding hydrogens is 925 g/mol. The van der Waals surface area contributed by atoms with Gasteiger partial charge in [0.25, 0.3) is 0 Å². The van der Waals surface area contributed by atoms with Crippen LogP contribution in [0.2, 0.25) is 0 Å². The summed E-state index contributed by atoms with van der Waals surface area (Å²) in [5, 5.41) is 9.13. The highest BCUT2D eigenvalue weighted by Gasteiger charge is 2.23. The van der Waals surface area contributed by atoms with Crippen LogP contribution in [-0.4, -0.2) is 19.5 Å². The van der Waals surface area contributed by atoms with Crippen molar-refractivity contribution < 1.29 is 4.42 Å². The Bertz CT molecular complexity index is 4640. The predicted octanol–water partition coefficient (Wildman–Crippen LogP) is 18.8. The summed E-state index contributed by atoms with van der Waals surface area (Å²) in [7, 11) is 0. The molecule has 15 rings (SSSR count). The molecule has 354 valence electrons. The number of para-hydroxylation sites is 1. The van der Waals surface area contributed by atoms with Crippen LogP contribution in [0.15, 0.2) is 271 Å². The fourth-order valence-corrected chi connectivity index (χ4v) is 11.4. The summed E-state index contributed by atoms with van der Waals surface area (Å²) in [5.74, 6) is 1.73. The summed E-state index contributed by atoms with van der Waals surface area (Å²) in [6.07, 6.45) is 0. The number of aromatic nitrogens is 4. The lowest BCUT2D eigenvalue weighted by atomic mass is 9.94. The Morgan fingerprint density at radius 3 is 1.47 bits per heavy atom. The van der Waals surface area contributed by atoms with Gasteiger partial charge in [0.15, 0.2) is 17.5 Å². The van der Waals surface area contributed by atoms with Gasteiger partial charge < -0.3 is 8.98 Å². The van der Waals surface area contributed by atoms with Gasteiger partial charge in [0.2, 0.25) is 0 Å². The van der Waals surface area contributed by atoms with E-state index < -0.39 is 0 Å². The monoisotopic (exact) mass is 968 g/mol. The SMILES string of the molecule is c1ccc(-c2cccc(-c3nc(-c4cccc(-c5ccccc5)c4)nc(-c4cccc5oc6cc(-n7c8ccccc8c8cc9ccccc9cc87)c(-c7ccc(-c8cccc9ccccc89)cc7)cc6c45)n3)c2)cc1. The van der Waals surface area contributed by atoms with E-state index >= 15 is 0 Å². The lowest BCUT2D eigenvalue weighted by Gasteiger charge is -2.16. The van der Waals surface area contributed by atoms with Crippen LogP contribution in [0.5, 0.6) is 0 Å². The Morgan fingerprint density at radius 2 is 0.776 bits per heavy atom. The zero-order valence-electron chi connectivity index (χ0n) is 41.1. The van der Waals surface area contributed by atoms with Gasteiger partial charge in [-0.3, -0.25) is 0 Å². The molecule has 5 nitrogen and oxygen atoms in total. The Balaban J connectivity index is 0.971. The minimum absolute atomic E-state index is 0.558. The highest BCUT2D eigenvalue weighted by Crippen LogP contribution is 2.44. The molecule has 5 heteroatoms. The van der Waals surface area contributed by atoms with E-state index in [0.29, 0.717) is 17.5 Å². The Kier molecular flexibility index (Phi) is 10.1. The standard InChI is InChI=1S/C71H44N4O/c1-3-17-45(18-4-1)50-25-13-27-54(39-50)69-72-70(55-28-14-26-51(40-55)46-19-5-2-6-20-46)74-71(73-69)59-32-16-34-66-68(59)62-43-60(49-37-35-48(36-38-49)57-31-15-24-47-21-9-10-29-56(47)57)65(44-67(62)76-66)75-63-33-12-11-30-58(63)61-41-52-22-7-8-23-53(52)42-64(61)75/h1-44H. The number of nitrogens with zero attached hydrogens (tertiary/aromatic N) is 4. The van der Waals surface area contributed by atoms with Crippen molar-refractivity contribution >= 4 is 65.3 Å². The van der Waals surface area contributed by atoms with Crippen LogP contribution in [0.25, 0.3) is 150 Å². The molecule has 0 spiro atoms. The maximum Gasteiger partial charge on any atom is 0.164 e. The molecule has 0 fully saturated rings. The van der Waals surface area contributed by atoms with Gasteiger partial charge >= 0.3 is 0 Å². The lowest BCUT2D eigenvalue weighted by molar-refractivity contribution is 0.668. The van der Waals surface area contributed by atoms with Gasteiger partial charge in [-0.25, -0.2) is 15.0 Å². The first-order valence-corrected chi connectivity index (χ1v) is 25.7. The van der Waals surface area contributed by atoms with Crippen molar-refractivity contribution in [3.05, 3.63) is 267 Å². The van der Waals surface area contributed by atoms with Crippen molar-refractivity contribution in [1.82, 2.24) is 19.5 Å². The second kappa shape index (κ2) is 17.8. The molecule has 0 radical (unpaired) electrons. The van der Waals surface area contributed by atoms with Gasteiger partial charge in [0.05, 0.1) is 16.7 Å². The number of hydrogen-bond donors (Lipinski definition) is 0. The largest absolute Gasteiger partial charge is 0.456 e. The van der Waals surface area contributed by atoms with Gasteiger partial charge in [0.1, 0.15) is 11.2 Å². The number of furan rings is 1. The number of hydrogen-bond acceptors (Lipinski definition) is 4. The van der Waals surface area contributed by atoms with E-state index in [0.717, 1.165) is 94.3 Å². The first-order valence-electron chi connectivity index (χ1n) is 25.7. The fraction of sp³-hybridized carbons (Fsp3) is 0. The predicted molar refractivity (Wildman–Crippen MR) is 315 cm³/mol. The number of fused-ring (bicyclic) bond motifs is 8. The Morgan fingerprint density at radius 1 is 0.263 bits per heavy atom. The minimum atomic E-state index is 0.558. The second-order valence-corrected chi connectivity index (χ2v) is 19.5. The highest BCUT2D eigenvalue weighted by molar-refractivity contribution is 6.17. The van der Waals surface area contributed by atoms with E-state index in [2.05, 4.69) is 253 Å². The highest BCUT2D eigenvalue weighted by atomic mass is 16.3. The molecule has 76 heavy (non-hydrogen) atoms. The van der Waals surface area contributed by atoms with Gasteiger partial charge in [-0.05, 0) is 103 Å². The summed E-state index contributed by atoms with van der Waals surface area (Å²) >= 11 is 0. The molecule has 3 aromatic heterocycles. The van der Waals surface area contributed by atoms with Gasteiger partial charge in [-0.2, -0.15) is 0 Å². The van der Waals surface area contributed by atoms with Crippen LogP contribution in [0, 0.1) is 0 Å². The molecule has 0 amide bonds. The number of rotatable bonds is 8. The van der Waals surface area contributed by atoms with Crippen LogP contribution in [0.3, 0.4) is 0 Å². The molecule has 0 bridgehead atoms. The van der Waals surface area contributed by atoms with E-state index in [-0.39, 0.29) is 0 Å². The van der Waals surface area contributed by atoms with Crippen molar-refractivity contribution in [2.75, 3.05) is 0 Å². The third-order valence-electron chi connectivity index (χ3n) is 15.0. The normalized spacial score (nSPS) is 11.7. The van der Waals surface area contributed by atoms with E-state index in [1.165, 1.54) is 37.9 Å². The van der Waals surface area contributed by atoms with Gasteiger partial charge in [0, 0.05) is 49.9 Å². The second-order valence-electron chi connectivity index (χ2n) is 19.5. The van der Waals surface area contributed by atoms with Crippen LogP contribution in [-0.2, 0) is 0 Å². The zero-order valence-corrected chi connectivity index (χ0v) is 41.1. The van der Waals surface area contributed by atoms with Crippen molar-refractivity contribution in [3.63, 3.8) is 0 Å². The first kappa shape index (κ1) is 43.4. The molecule has 0 aliphatic rings. The van der Waals surface area contributed by atoms with E-state index in [4.69, 9.17) is 19.4 Å². The summed E-state index contributed by atoms with van der Waals surface area (Å²) < 4.78 is 9.46. The molecule has 0 aliphatic heterocycles. The van der Waals surface area contributed by atoms with Crippen molar-refractivity contribution in [1.29, 1.82) is 0 Å². The summed E-state index contributed by atoms with van der Waals surface area (Å²) in [6.45, 7) is 0. The molecule has 0 N–H and O–H groups in total. The average Bonchev–Trinajstić information content (AvgIpc) is 4.12. The fourth-order valence-electron chi connectivity index (χ4n) is 11.4. The topological polar surface area (TPSA) is 56.7 Å². The molecular formula is C71H44N4O. The molecule has 0 unspecified atom stereocenters. The molecule has 15 aromatic rings. The third-order valence-corrected chi connectivity index (χ3v) is 15.0. The maximum atomic E-state index is 7.03. The van der Waals surface area contributed by atoms with Crippen LogP contribution in [0.4, 0.5) is 0 Å². The zero-order chi connectivity index (χ0) is 50.1. The summed E-state index contributed by atoms with van der Waals surface area (Å²) in [4.78, 5) is 16.0. The van der Waals surface area contributed by atoms with Crippen LogP contribution >= 0.6 is 0 Å². The lowest BCUT2D eigenvalue weighted by Crippen LogP contribution is -2.01.